The quantitative estimate of drug-likeness (QED) is 0.441. The number of alkyl halides is 3. The second-order valence-corrected chi connectivity index (χ2v) is 7.62. The zero-order chi connectivity index (χ0) is 23.4. The van der Waals surface area contributed by atoms with E-state index in [-0.39, 0.29) is 10.7 Å². The first-order chi connectivity index (χ1) is 14.3. The summed E-state index contributed by atoms with van der Waals surface area (Å²) < 4.78 is 55.6. The second kappa shape index (κ2) is 9.05. The molecule has 3 aromatic rings. The highest BCUT2D eigenvalue weighted by atomic mass is 32.2. The number of nitrogens with one attached hydrogen (secondary N) is 1. The Morgan fingerprint density at radius 1 is 1.26 bits per heavy atom. The van der Waals surface area contributed by atoms with Gasteiger partial charge in [-0.15, -0.1) is 10.2 Å². The highest BCUT2D eigenvalue weighted by Crippen LogP contribution is 2.29. The molecule has 0 aliphatic rings. The summed E-state index contributed by atoms with van der Waals surface area (Å²) in [5, 5.41) is 26.1. The number of nitrogens with two attached hydrogens (primary N) is 2. The SMILES string of the molecule is Cc1cc(N)ncc1Cc1cccc(S(N)(=O)=O)c1-c1nn[nH]n1.O=C(O)C(F)(F)F. The molecule has 166 valence electrons. The summed E-state index contributed by atoms with van der Waals surface area (Å²) in [4.78, 5) is 12.9. The molecular weight excluding hydrogens is 443 g/mol. The Morgan fingerprint density at radius 3 is 2.39 bits per heavy atom. The third kappa shape index (κ3) is 6.19. The van der Waals surface area contributed by atoms with Gasteiger partial charge in [-0.3, -0.25) is 0 Å². The number of pyridine rings is 1. The topological polar surface area (TPSA) is 191 Å². The number of hydrogen-bond acceptors (Lipinski definition) is 8. The van der Waals surface area contributed by atoms with Crippen LogP contribution < -0.4 is 10.9 Å². The summed E-state index contributed by atoms with van der Waals surface area (Å²) in [6.45, 7) is 1.91. The molecule has 0 unspecified atom stereocenters. The summed E-state index contributed by atoms with van der Waals surface area (Å²) in [6, 6.07) is 6.58. The zero-order valence-electron chi connectivity index (χ0n) is 15.8. The fraction of sp³-hybridized carbons (Fsp3) is 0.188. The molecule has 0 spiro atoms. The number of carboxylic acids is 1. The zero-order valence-corrected chi connectivity index (χ0v) is 16.6. The second-order valence-electron chi connectivity index (χ2n) is 6.09. The van der Waals surface area contributed by atoms with E-state index in [9.17, 15) is 21.6 Å². The summed E-state index contributed by atoms with van der Waals surface area (Å²) >= 11 is 0. The van der Waals surface area contributed by atoms with Crippen molar-refractivity contribution in [3.63, 3.8) is 0 Å². The molecule has 0 aliphatic carbocycles. The van der Waals surface area contributed by atoms with Gasteiger partial charge in [-0.05, 0) is 47.4 Å². The van der Waals surface area contributed by atoms with E-state index in [1.807, 2.05) is 6.92 Å². The molecule has 0 amide bonds. The van der Waals surface area contributed by atoms with E-state index >= 15 is 0 Å². The number of benzene rings is 1. The number of aliphatic carboxylic acids is 1. The Balaban J connectivity index is 0.000000423. The lowest BCUT2D eigenvalue weighted by molar-refractivity contribution is -0.192. The molecule has 2 aromatic heterocycles. The smallest absolute Gasteiger partial charge is 0.475 e. The average Bonchev–Trinajstić information content (AvgIpc) is 3.17. The fourth-order valence-electron chi connectivity index (χ4n) is 2.48. The molecule has 0 fully saturated rings. The lowest BCUT2D eigenvalue weighted by Crippen LogP contribution is -2.21. The van der Waals surface area contributed by atoms with Crippen molar-refractivity contribution in [3.8, 4) is 11.4 Å². The number of primary sulfonamides is 1. The minimum absolute atomic E-state index is 0.0533. The van der Waals surface area contributed by atoms with Crippen LogP contribution in [0.15, 0.2) is 35.4 Å². The molecule has 1 aromatic carbocycles. The number of nitrogens with zero attached hydrogens (tertiary/aromatic N) is 4. The summed E-state index contributed by atoms with van der Waals surface area (Å²) in [5.41, 5.74) is 8.54. The standard InChI is InChI=1S/C14H15N7O2S.C2HF3O2/c1-8-5-12(15)17-7-10(8)6-9-3-2-4-11(24(16,22)23)13(9)14-18-20-21-19-14;3-2(4,5)1(6)7/h2-5,7H,6H2,1H3,(H2,15,17)(H2,16,22,23)(H,18,19,20,21);(H,6,7). The molecule has 3 rings (SSSR count). The number of aromatic nitrogens is 5. The van der Waals surface area contributed by atoms with Gasteiger partial charge in [-0.2, -0.15) is 18.4 Å². The Hall–Kier alpha value is -3.59. The minimum atomic E-state index is -5.08. The lowest BCUT2D eigenvalue weighted by atomic mass is 9.98. The molecule has 31 heavy (non-hydrogen) atoms. The highest BCUT2D eigenvalue weighted by molar-refractivity contribution is 7.89. The maximum atomic E-state index is 11.9. The van der Waals surface area contributed by atoms with Crippen LogP contribution in [-0.2, 0) is 21.2 Å². The fourth-order valence-corrected chi connectivity index (χ4v) is 3.25. The van der Waals surface area contributed by atoms with E-state index in [1.54, 1.807) is 24.4 Å². The van der Waals surface area contributed by atoms with E-state index in [0.717, 1.165) is 11.1 Å². The lowest BCUT2D eigenvalue weighted by Gasteiger charge is -2.12. The first kappa shape index (κ1) is 23.7. The van der Waals surface area contributed by atoms with Crippen molar-refractivity contribution in [2.45, 2.75) is 24.4 Å². The number of sulfonamides is 1. The van der Waals surface area contributed by atoms with Gasteiger partial charge in [0, 0.05) is 11.8 Å². The van der Waals surface area contributed by atoms with E-state index in [4.69, 9.17) is 20.8 Å². The molecule has 0 bridgehead atoms. The van der Waals surface area contributed by atoms with Crippen LogP contribution in [0.3, 0.4) is 0 Å². The first-order valence-corrected chi connectivity index (χ1v) is 9.75. The number of carbonyl (C=O) groups is 1. The van der Waals surface area contributed by atoms with Gasteiger partial charge in [0.15, 0.2) is 0 Å². The normalized spacial score (nSPS) is 11.5. The average molecular weight is 459 g/mol. The van der Waals surface area contributed by atoms with Crippen LogP contribution in [0, 0.1) is 6.92 Å². The van der Waals surface area contributed by atoms with Gasteiger partial charge in [0.25, 0.3) is 0 Å². The molecular formula is C16H16F3N7O4S. The largest absolute Gasteiger partial charge is 0.490 e. The Bertz CT molecular complexity index is 1180. The van der Waals surface area contributed by atoms with E-state index in [1.165, 1.54) is 6.07 Å². The number of hydrogen-bond donors (Lipinski definition) is 4. The molecule has 11 nitrogen and oxygen atoms in total. The first-order valence-electron chi connectivity index (χ1n) is 8.20. The van der Waals surface area contributed by atoms with E-state index in [0.29, 0.717) is 23.4 Å². The van der Waals surface area contributed by atoms with Crippen molar-refractivity contribution in [3.05, 3.63) is 47.2 Å². The minimum Gasteiger partial charge on any atom is -0.475 e. The number of tetrazole rings is 1. The third-order valence-corrected chi connectivity index (χ3v) is 4.81. The highest BCUT2D eigenvalue weighted by Gasteiger charge is 2.38. The van der Waals surface area contributed by atoms with Crippen molar-refractivity contribution in [2.75, 3.05) is 5.73 Å². The van der Waals surface area contributed by atoms with Crippen LogP contribution in [0.4, 0.5) is 19.0 Å². The number of aromatic amines is 1. The van der Waals surface area contributed by atoms with E-state index < -0.39 is 22.2 Å². The van der Waals surface area contributed by atoms with Crippen LogP contribution in [0.5, 0.6) is 0 Å². The molecule has 0 aliphatic heterocycles. The Kier molecular flexibility index (Phi) is 6.91. The van der Waals surface area contributed by atoms with Crippen molar-refractivity contribution in [1.82, 2.24) is 25.6 Å². The van der Waals surface area contributed by atoms with Crippen molar-refractivity contribution in [1.29, 1.82) is 0 Å². The summed E-state index contributed by atoms with van der Waals surface area (Å²) in [5.74, 6) is -2.17. The van der Waals surface area contributed by atoms with Gasteiger partial charge in [0.2, 0.25) is 15.8 Å². The van der Waals surface area contributed by atoms with E-state index in [2.05, 4.69) is 25.6 Å². The molecule has 6 N–H and O–H groups in total. The van der Waals surface area contributed by atoms with Gasteiger partial charge in [-0.25, -0.2) is 23.3 Å². The van der Waals surface area contributed by atoms with Crippen LogP contribution in [0.2, 0.25) is 0 Å². The van der Waals surface area contributed by atoms with Gasteiger partial charge in [-0.1, -0.05) is 12.1 Å². The van der Waals surface area contributed by atoms with Crippen LogP contribution in [0.1, 0.15) is 16.7 Å². The van der Waals surface area contributed by atoms with Crippen LogP contribution in [0.25, 0.3) is 11.4 Å². The van der Waals surface area contributed by atoms with Gasteiger partial charge in [0.05, 0.1) is 4.90 Å². The number of anilines is 1. The predicted octanol–water partition coefficient (Wildman–Crippen LogP) is 1.02. The van der Waals surface area contributed by atoms with Gasteiger partial charge < -0.3 is 10.8 Å². The monoisotopic (exact) mass is 459 g/mol. The predicted molar refractivity (Wildman–Crippen MR) is 101 cm³/mol. The molecule has 0 radical (unpaired) electrons. The number of carboxylic acid groups (broad SMARTS) is 1. The maximum absolute atomic E-state index is 11.9. The molecule has 2 heterocycles. The van der Waals surface area contributed by atoms with Crippen LogP contribution in [-0.4, -0.2) is 51.3 Å². The van der Waals surface area contributed by atoms with Crippen molar-refractivity contribution in [2.24, 2.45) is 5.14 Å². The number of aryl methyl sites for hydroxylation is 1. The molecule has 0 saturated carbocycles. The Labute approximate surface area is 173 Å². The van der Waals surface area contributed by atoms with Gasteiger partial charge >= 0.3 is 12.1 Å². The van der Waals surface area contributed by atoms with Crippen molar-refractivity contribution < 1.29 is 31.5 Å². The third-order valence-electron chi connectivity index (χ3n) is 3.85. The molecule has 0 atom stereocenters. The molecule has 0 saturated heterocycles. The summed E-state index contributed by atoms with van der Waals surface area (Å²) in [7, 11) is -3.95. The number of rotatable bonds is 4. The summed E-state index contributed by atoms with van der Waals surface area (Å²) in [6.07, 6.45) is -3.00. The van der Waals surface area contributed by atoms with Crippen molar-refractivity contribution >= 4 is 21.8 Å². The number of H-pyrrole nitrogens is 1. The maximum Gasteiger partial charge on any atom is 0.490 e. The molecule has 15 heteroatoms. The van der Waals surface area contributed by atoms with Gasteiger partial charge in [0.1, 0.15) is 5.82 Å². The Morgan fingerprint density at radius 2 is 1.90 bits per heavy atom. The number of halogens is 3. The van der Waals surface area contributed by atoms with Crippen LogP contribution >= 0.6 is 0 Å². The number of nitrogen functional groups attached to an aromatic ring is 1.